The van der Waals surface area contributed by atoms with Gasteiger partial charge in [0.15, 0.2) is 0 Å². The molecule has 0 amide bonds. The van der Waals surface area contributed by atoms with Gasteiger partial charge in [0.05, 0.1) is 12.5 Å². The lowest BCUT2D eigenvalue weighted by Crippen LogP contribution is -2.56. The van der Waals surface area contributed by atoms with Gasteiger partial charge in [-0.3, -0.25) is 0 Å². The van der Waals surface area contributed by atoms with Gasteiger partial charge in [0, 0.05) is 12.1 Å². The van der Waals surface area contributed by atoms with Crippen molar-refractivity contribution in [2.45, 2.75) is 70.9 Å². The third-order valence-electron chi connectivity index (χ3n) is 5.94. The van der Waals surface area contributed by atoms with E-state index >= 15 is 0 Å². The summed E-state index contributed by atoms with van der Waals surface area (Å²) in [6, 6.07) is 3.22. The first kappa shape index (κ1) is 12.5. The van der Waals surface area contributed by atoms with Crippen molar-refractivity contribution in [1.29, 1.82) is 5.26 Å². The molecule has 2 nitrogen and oxygen atoms in total. The SMILES string of the molecule is CC(CC#N)NC(C)C12CC3CC(CC(C3)C1)C2. The maximum absolute atomic E-state index is 8.79. The van der Waals surface area contributed by atoms with Crippen LogP contribution in [0.1, 0.15) is 58.8 Å². The second kappa shape index (κ2) is 4.53. The normalized spacial score (nSPS) is 44.6. The first-order valence-corrected chi connectivity index (χ1v) is 7.74. The molecule has 2 heteroatoms. The smallest absolute Gasteiger partial charge is 0.0638 e. The van der Waals surface area contributed by atoms with Crippen molar-refractivity contribution >= 4 is 0 Å². The Balaban J connectivity index is 1.69. The molecule has 2 unspecified atom stereocenters. The second-order valence-electron chi connectivity index (χ2n) is 7.43. The van der Waals surface area contributed by atoms with Crippen LogP contribution in [0.15, 0.2) is 0 Å². The maximum Gasteiger partial charge on any atom is 0.0638 e. The molecule has 0 radical (unpaired) electrons. The summed E-state index contributed by atoms with van der Waals surface area (Å²) in [4.78, 5) is 0. The quantitative estimate of drug-likeness (QED) is 0.824. The van der Waals surface area contributed by atoms with E-state index in [1.165, 1.54) is 38.5 Å². The summed E-state index contributed by atoms with van der Waals surface area (Å²) in [5.74, 6) is 3.06. The van der Waals surface area contributed by atoms with Crippen LogP contribution in [0.4, 0.5) is 0 Å². The van der Waals surface area contributed by atoms with Crippen LogP contribution in [-0.4, -0.2) is 12.1 Å². The monoisotopic (exact) mass is 246 g/mol. The lowest BCUT2D eigenvalue weighted by atomic mass is 9.48. The van der Waals surface area contributed by atoms with E-state index in [0.29, 0.717) is 23.9 Å². The number of hydrogen-bond donors (Lipinski definition) is 1. The summed E-state index contributed by atoms with van der Waals surface area (Å²) in [6.07, 6.45) is 9.53. The van der Waals surface area contributed by atoms with E-state index in [0.717, 1.165) is 17.8 Å². The molecule has 4 aliphatic carbocycles. The molecule has 0 aromatic carbocycles. The minimum Gasteiger partial charge on any atom is -0.310 e. The first-order valence-electron chi connectivity index (χ1n) is 7.74. The van der Waals surface area contributed by atoms with Crippen molar-refractivity contribution in [2.75, 3.05) is 0 Å². The molecule has 2 atom stereocenters. The molecule has 4 rings (SSSR count). The zero-order valence-corrected chi connectivity index (χ0v) is 11.8. The third kappa shape index (κ3) is 2.07. The number of rotatable bonds is 4. The maximum atomic E-state index is 8.79. The molecule has 0 aromatic rings. The Hall–Kier alpha value is -0.550. The number of nitrogens with one attached hydrogen (secondary N) is 1. The largest absolute Gasteiger partial charge is 0.310 e. The molecule has 4 saturated carbocycles. The average molecular weight is 246 g/mol. The lowest BCUT2D eigenvalue weighted by Gasteiger charge is -2.59. The molecule has 0 aliphatic heterocycles. The first-order chi connectivity index (χ1) is 8.61. The summed E-state index contributed by atoms with van der Waals surface area (Å²) in [5, 5.41) is 12.5. The van der Waals surface area contributed by atoms with E-state index in [-0.39, 0.29) is 0 Å². The molecule has 4 aliphatic rings. The fourth-order valence-corrected chi connectivity index (χ4v) is 5.51. The van der Waals surface area contributed by atoms with E-state index in [1.807, 2.05) is 0 Å². The average Bonchev–Trinajstić information content (AvgIpc) is 2.27. The van der Waals surface area contributed by atoms with Gasteiger partial charge in [-0.05, 0) is 75.5 Å². The summed E-state index contributed by atoms with van der Waals surface area (Å²) in [5.41, 5.74) is 0.568. The fourth-order valence-electron chi connectivity index (χ4n) is 5.51. The van der Waals surface area contributed by atoms with Crippen molar-refractivity contribution in [3.63, 3.8) is 0 Å². The molecule has 1 N–H and O–H groups in total. The van der Waals surface area contributed by atoms with Crippen LogP contribution < -0.4 is 5.32 Å². The molecule has 0 spiro atoms. The predicted octanol–water partition coefficient (Wildman–Crippen LogP) is 3.48. The minimum atomic E-state index is 0.345. The molecular weight excluding hydrogens is 220 g/mol. The fraction of sp³-hybridized carbons (Fsp3) is 0.938. The van der Waals surface area contributed by atoms with Crippen molar-refractivity contribution in [3.05, 3.63) is 0 Å². The van der Waals surface area contributed by atoms with Crippen LogP contribution in [-0.2, 0) is 0 Å². The third-order valence-corrected chi connectivity index (χ3v) is 5.94. The van der Waals surface area contributed by atoms with Crippen molar-refractivity contribution < 1.29 is 0 Å². The Bertz CT molecular complexity index is 319. The lowest BCUT2D eigenvalue weighted by molar-refractivity contribution is -0.0717. The van der Waals surface area contributed by atoms with Gasteiger partial charge in [-0.2, -0.15) is 5.26 Å². The zero-order chi connectivity index (χ0) is 12.8. The van der Waals surface area contributed by atoms with Gasteiger partial charge < -0.3 is 5.32 Å². The summed E-state index contributed by atoms with van der Waals surface area (Å²) in [7, 11) is 0. The van der Waals surface area contributed by atoms with Crippen LogP contribution >= 0.6 is 0 Å². The standard InChI is InChI=1S/C16H26N2/c1-11(3-4-17)18-12(2)16-8-13-5-14(9-16)7-15(6-13)10-16/h11-15,18H,3,5-10H2,1-2H3. The molecule has 0 heterocycles. The molecule has 4 fully saturated rings. The zero-order valence-electron chi connectivity index (χ0n) is 11.8. The highest BCUT2D eigenvalue weighted by atomic mass is 15.0. The topological polar surface area (TPSA) is 35.8 Å². The second-order valence-corrected chi connectivity index (χ2v) is 7.43. The Kier molecular flexibility index (Phi) is 3.14. The molecule has 18 heavy (non-hydrogen) atoms. The van der Waals surface area contributed by atoms with Crippen molar-refractivity contribution in [1.82, 2.24) is 5.32 Å². The van der Waals surface area contributed by atoms with E-state index in [9.17, 15) is 0 Å². The summed E-state index contributed by atoms with van der Waals surface area (Å²) >= 11 is 0. The van der Waals surface area contributed by atoms with Crippen molar-refractivity contribution in [3.8, 4) is 6.07 Å². The van der Waals surface area contributed by atoms with E-state index in [1.54, 1.807) is 0 Å². The molecule has 100 valence electrons. The highest BCUT2D eigenvalue weighted by Gasteiger charge is 2.53. The van der Waals surface area contributed by atoms with Crippen LogP contribution in [0.2, 0.25) is 0 Å². The Morgan fingerprint density at radius 1 is 1.11 bits per heavy atom. The number of nitriles is 1. The van der Waals surface area contributed by atoms with E-state index < -0.39 is 0 Å². The Morgan fingerprint density at radius 3 is 2.06 bits per heavy atom. The van der Waals surface area contributed by atoms with Crippen LogP contribution in [0.5, 0.6) is 0 Å². The molecule has 4 bridgehead atoms. The van der Waals surface area contributed by atoms with Crippen molar-refractivity contribution in [2.24, 2.45) is 23.2 Å². The number of hydrogen-bond acceptors (Lipinski definition) is 2. The van der Waals surface area contributed by atoms with Crippen LogP contribution in [0, 0.1) is 34.5 Å². The molecular formula is C16H26N2. The van der Waals surface area contributed by atoms with Gasteiger partial charge in [-0.15, -0.1) is 0 Å². The van der Waals surface area contributed by atoms with Crippen LogP contribution in [0.25, 0.3) is 0 Å². The minimum absolute atomic E-state index is 0.345. The highest BCUT2D eigenvalue weighted by Crippen LogP contribution is 2.61. The number of nitrogens with zero attached hydrogens (tertiary/aromatic N) is 1. The van der Waals surface area contributed by atoms with Gasteiger partial charge in [0.1, 0.15) is 0 Å². The molecule has 0 saturated heterocycles. The van der Waals surface area contributed by atoms with E-state index in [2.05, 4.69) is 25.2 Å². The van der Waals surface area contributed by atoms with Gasteiger partial charge in [0.2, 0.25) is 0 Å². The van der Waals surface area contributed by atoms with Crippen LogP contribution in [0.3, 0.4) is 0 Å². The van der Waals surface area contributed by atoms with Gasteiger partial charge in [0.25, 0.3) is 0 Å². The summed E-state index contributed by atoms with van der Waals surface area (Å²) in [6.45, 7) is 4.53. The Morgan fingerprint density at radius 2 is 1.61 bits per heavy atom. The van der Waals surface area contributed by atoms with Gasteiger partial charge in [-0.25, -0.2) is 0 Å². The highest BCUT2D eigenvalue weighted by molar-refractivity contribution is 5.05. The predicted molar refractivity (Wildman–Crippen MR) is 72.9 cm³/mol. The van der Waals surface area contributed by atoms with Gasteiger partial charge in [-0.1, -0.05) is 0 Å². The Labute approximate surface area is 111 Å². The van der Waals surface area contributed by atoms with E-state index in [4.69, 9.17) is 5.26 Å². The van der Waals surface area contributed by atoms with Gasteiger partial charge >= 0.3 is 0 Å². The molecule has 0 aromatic heterocycles. The summed E-state index contributed by atoms with van der Waals surface area (Å²) < 4.78 is 0.